The lowest BCUT2D eigenvalue weighted by Crippen LogP contribution is -2.22. The Labute approximate surface area is 201 Å². The highest BCUT2D eigenvalue weighted by Crippen LogP contribution is 2.34. The number of ether oxygens (including phenoxy) is 3. The summed E-state index contributed by atoms with van der Waals surface area (Å²) in [7, 11) is 3.13. The number of anilines is 1. The molecule has 0 saturated heterocycles. The molecule has 1 atom stereocenters. The van der Waals surface area contributed by atoms with E-state index in [1.807, 2.05) is 30.3 Å². The number of carbonyl (C=O) groups excluding carboxylic acids is 1. The Morgan fingerprint density at radius 2 is 1.62 bits per heavy atom. The van der Waals surface area contributed by atoms with Gasteiger partial charge in [-0.1, -0.05) is 30.0 Å². The summed E-state index contributed by atoms with van der Waals surface area (Å²) in [6.45, 7) is 1.77. The Balaban J connectivity index is 1.36. The normalized spacial score (nSPS) is 11.5. The van der Waals surface area contributed by atoms with Crippen molar-refractivity contribution in [2.75, 3.05) is 19.5 Å². The molecule has 0 radical (unpaired) electrons. The molecule has 0 unspecified atom stereocenters. The summed E-state index contributed by atoms with van der Waals surface area (Å²) >= 11 is 1.17. The molecule has 1 amide bonds. The van der Waals surface area contributed by atoms with Crippen molar-refractivity contribution in [1.82, 2.24) is 10.2 Å². The van der Waals surface area contributed by atoms with Crippen molar-refractivity contribution in [3.8, 4) is 34.5 Å². The molecule has 4 rings (SSSR count). The van der Waals surface area contributed by atoms with Gasteiger partial charge in [0.15, 0.2) is 0 Å². The third kappa shape index (κ3) is 5.68. The van der Waals surface area contributed by atoms with E-state index in [1.165, 1.54) is 11.8 Å². The second-order valence-electron chi connectivity index (χ2n) is 7.13. The average Bonchev–Trinajstić information content (AvgIpc) is 3.33. The highest BCUT2D eigenvalue weighted by atomic mass is 32.2. The summed E-state index contributed by atoms with van der Waals surface area (Å²) < 4.78 is 22.1. The Bertz CT molecular complexity index is 1250. The third-order valence-electron chi connectivity index (χ3n) is 4.79. The highest BCUT2D eigenvalue weighted by Gasteiger charge is 2.20. The van der Waals surface area contributed by atoms with Gasteiger partial charge in [0.2, 0.25) is 5.91 Å². The van der Waals surface area contributed by atoms with Gasteiger partial charge in [-0.05, 0) is 55.5 Å². The Morgan fingerprint density at radius 1 is 0.912 bits per heavy atom. The third-order valence-corrected chi connectivity index (χ3v) is 5.73. The van der Waals surface area contributed by atoms with Crippen molar-refractivity contribution < 1.29 is 23.4 Å². The second kappa shape index (κ2) is 10.8. The molecule has 3 aromatic carbocycles. The number of rotatable bonds is 9. The number of aromatic nitrogens is 2. The molecule has 8 nitrogen and oxygen atoms in total. The zero-order valence-electron chi connectivity index (χ0n) is 18.8. The van der Waals surface area contributed by atoms with Crippen molar-refractivity contribution in [2.24, 2.45) is 0 Å². The second-order valence-corrected chi connectivity index (χ2v) is 8.42. The molecule has 1 aromatic heterocycles. The maximum atomic E-state index is 12.7. The molecule has 0 aliphatic rings. The smallest absolute Gasteiger partial charge is 0.277 e. The lowest BCUT2D eigenvalue weighted by molar-refractivity contribution is -0.115. The van der Waals surface area contributed by atoms with Gasteiger partial charge in [0.1, 0.15) is 23.0 Å². The van der Waals surface area contributed by atoms with Gasteiger partial charge >= 0.3 is 0 Å². The maximum Gasteiger partial charge on any atom is 0.277 e. The molecule has 174 valence electrons. The minimum absolute atomic E-state index is 0.191. The van der Waals surface area contributed by atoms with Gasteiger partial charge in [-0.2, -0.15) is 0 Å². The largest absolute Gasteiger partial charge is 0.497 e. The minimum Gasteiger partial charge on any atom is -0.497 e. The predicted octanol–water partition coefficient (Wildman–Crippen LogP) is 5.67. The highest BCUT2D eigenvalue weighted by molar-refractivity contribution is 8.00. The first-order valence-corrected chi connectivity index (χ1v) is 11.3. The molecule has 34 heavy (non-hydrogen) atoms. The van der Waals surface area contributed by atoms with E-state index in [1.54, 1.807) is 63.6 Å². The number of hydrogen-bond donors (Lipinski definition) is 1. The zero-order chi connectivity index (χ0) is 23.9. The molecule has 0 aliphatic carbocycles. The number of carbonyl (C=O) groups is 1. The average molecular weight is 478 g/mol. The van der Waals surface area contributed by atoms with Crippen LogP contribution < -0.4 is 19.5 Å². The summed E-state index contributed by atoms with van der Waals surface area (Å²) in [6, 6.07) is 22.0. The SMILES string of the molecule is COc1ccc(-c2nnc(S[C@H](C)C(=O)Nc3ccc(Oc4ccccc4)cc3)o2)c(OC)c1. The van der Waals surface area contributed by atoms with Crippen LogP contribution in [0.1, 0.15) is 6.92 Å². The van der Waals surface area contributed by atoms with E-state index in [2.05, 4.69) is 15.5 Å². The van der Waals surface area contributed by atoms with Gasteiger partial charge in [-0.25, -0.2) is 0 Å². The lowest BCUT2D eigenvalue weighted by atomic mass is 10.2. The molecule has 1 N–H and O–H groups in total. The molecule has 0 saturated carbocycles. The topological polar surface area (TPSA) is 95.7 Å². The number of methoxy groups -OCH3 is 2. The van der Waals surface area contributed by atoms with Crippen molar-refractivity contribution in [3.63, 3.8) is 0 Å². The van der Waals surface area contributed by atoms with Crippen LogP contribution in [0.2, 0.25) is 0 Å². The number of thioether (sulfide) groups is 1. The summed E-state index contributed by atoms with van der Waals surface area (Å²) in [5, 5.41) is 10.8. The summed E-state index contributed by atoms with van der Waals surface area (Å²) in [6.07, 6.45) is 0. The fourth-order valence-electron chi connectivity index (χ4n) is 3.02. The molecule has 0 aliphatic heterocycles. The molecule has 4 aromatic rings. The lowest BCUT2D eigenvalue weighted by Gasteiger charge is -2.11. The van der Waals surface area contributed by atoms with Crippen LogP contribution in [0.25, 0.3) is 11.5 Å². The molecule has 0 spiro atoms. The number of amides is 1. The summed E-state index contributed by atoms with van der Waals surface area (Å²) in [4.78, 5) is 12.7. The fraction of sp³-hybridized carbons (Fsp3) is 0.160. The first kappa shape index (κ1) is 23.2. The molecule has 0 bridgehead atoms. The standard InChI is InChI=1S/C25H23N3O5S/c1-16(23(29)26-17-9-11-19(12-10-17)32-18-7-5-4-6-8-18)34-25-28-27-24(33-25)21-14-13-20(30-2)15-22(21)31-3/h4-16H,1-3H3,(H,26,29)/t16-/m1/s1. The summed E-state index contributed by atoms with van der Waals surface area (Å²) in [5.74, 6) is 2.73. The Hall–Kier alpha value is -3.98. The van der Waals surface area contributed by atoms with Gasteiger partial charge in [-0.3, -0.25) is 4.79 Å². The first-order chi connectivity index (χ1) is 16.6. The van der Waals surface area contributed by atoms with Gasteiger partial charge < -0.3 is 23.9 Å². The quantitative estimate of drug-likeness (QED) is 0.308. The molecular formula is C25H23N3O5S. The monoisotopic (exact) mass is 477 g/mol. The number of nitrogens with one attached hydrogen (secondary N) is 1. The van der Waals surface area contributed by atoms with E-state index in [-0.39, 0.29) is 11.1 Å². The predicted molar refractivity (Wildman–Crippen MR) is 130 cm³/mol. The van der Waals surface area contributed by atoms with Gasteiger partial charge in [0.25, 0.3) is 11.1 Å². The van der Waals surface area contributed by atoms with Crippen LogP contribution in [-0.4, -0.2) is 35.6 Å². The van der Waals surface area contributed by atoms with E-state index in [0.29, 0.717) is 34.4 Å². The molecular weight excluding hydrogens is 454 g/mol. The van der Waals surface area contributed by atoms with Crippen molar-refractivity contribution in [1.29, 1.82) is 0 Å². The van der Waals surface area contributed by atoms with Crippen molar-refractivity contribution in [2.45, 2.75) is 17.4 Å². The fourth-order valence-corrected chi connectivity index (χ4v) is 3.70. The van der Waals surface area contributed by atoms with Crippen LogP contribution in [0.5, 0.6) is 23.0 Å². The van der Waals surface area contributed by atoms with Crippen molar-refractivity contribution in [3.05, 3.63) is 72.8 Å². The molecule has 1 heterocycles. The van der Waals surface area contributed by atoms with Crippen LogP contribution in [0.15, 0.2) is 82.4 Å². The van der Waals surface area contributed by atoms with E-state index >= 15 is 0 Å². The molecule has 0 fully saturated rings. The van der Waals surface area contributed by atoms with E-state index in [9.17, 15) is 4.79 Å². The minimum atomic E-state index is -0.466. The Morgan fingerprint density at radius 3 is 2.32 bits per heavy atom. The van der Waals surface area contributed by atoms with Crippen LogP contribution in [-0.2, 0) is 4.79 Å². The van der Waals surface area contributed by atoms with E-state index in [4.69, 9.17) is 18.6 Å². The van der Waals surface area contributed by atoms with E-state index in [0.717, 1.165) is 5.75 Å². The Kier molecular flexibility index (Phi) is 7.34. The zero-order valence-corrected chi connectivity index (χ0v) is 19.7. The number of hydrogen-bond acceptors (Lipinski definition) is 8. The van der Waals surface area contributed by atoms with Crippen LogP contribution in [0.4, 0.5) is 5.69 Å². The number of para-hydroxylation sites is 1. The maximum absolute atomic E-state index is 12.7. The van der Waals surface area contributed by atoms with Crippen molar-refractivity contribution >= 4 is 23.4 Å². The number of nitrogens with zero attached hydrogens (tertiary/aromatic N) is 2. The summed E-state index contributed by atoms with van der Waals surface area (Å²) in [5.41, 5.74) is 1.30. The molecule has 9 heteroatoms. The van der Waals surface area contributed by atoms with Gasteiger partial charge in [0, 0.05) is 11.8 Å². The van der Waals surface area contributed by atoms with Gasteiger partial charge in [0.05, 0.1) is 25.0 Å². The van der Waals surface area contributed by atoms with Gasteiger partial charge in [-0.15, -0.1) is 10.2 Å². The number of benzene rings is 3. The van der Waals surface area contributed by atoms with Crippen LogP contribution in [0, 0.1) is 0 Å². The van der Waals surface area contributed by atoms with Crippen LogP contribution in [0.3, 0.4) is 0 Å². The van der Waals surface area contributed by atoms with E-state index < -0.39 is 5.25 Å². The first-order valence-electron chi connectivity index (χ1n) is 10.4. The van der Waals surface area contributed by atoms with Crippen LogP contribution >= 0.6 is 11.8 Å².